The lowest BCUT2D eigenvalue weighted by atomic mass is 9.59. The van der Waals surface area contributed by atoms with Crippen LogP contribution in [0.15, 0.2) is 188 Å². The number of benzene rings is 7. The van der Waals surface area contributed by atoms with Crippen molar-refractivity contribution >= 4 is 39.7 Å². The Balaban J connectivity index is 1.41. The number of aliphatic hydroxyl groups excluding tert-OH is 1. The van der Waals surface area contributed by atoms with Gasteiger partial charge in [0.2, 0.25) is 0 Å². The molecule has 0 amide bonds. The van der Waals surface area contributed by atoms with E-state index in [2.05, 4.69) is 181 Å². The Morgan fingerprint density at radius 2 is 0.926 bits per heavy atom. The SMILES string of the molecule is CCC(C)C1(c2ccccc2/C(C)=C/O)c2ccc(N(c3ccccc3)c3ccccc3)cc2Oc2cc(N(c3ccccc3)c3ccccc3)ccc21. The summed E-state index contributed by atoms with van der Waals surface area (Å²) in [5.74, 6) is 1.77. The molecule has 0 saturated heterocycles. The molecule has 0 saturated carbocycles. The Hall–Kier alpha value is -6.52. The third kappa shape index (κ3) is 6.00. The Morgan fingerprint density at radius 1 is 0.537 bits per heavy atom. The second-order valence-corrected chi connectivity index (χ2v) is 14.0. The molecule has 1 unspecified atom stereocenters. The van der Waals surface area contributed by atoms with E-state index in [1.165, 1.54) is 6.26 Å². The summed E-state index contributed by atoms with van der Waals surface area (Å²) in [7, 11) is 0. The van der Waals surface area contributed by atoms with Gasteiger partial charge in [-0.05, 0) is 90.2 Å². The summed E-state index contributed by atoms with van der Waals surface area (Å²) < 4.78 is 7.18. The molecular weight excluding hydrogens is 661 g/mol. The minimum atomic E-state index is -0.607. The number of hydrogen-bond acceptors (Lipinski definition) is 4. The van der Waals surface area contributed by atoms with Crippen molar-refractivity contribution in [3.05, 3.63) is 211 Å². The molecule has 266 valence electrons. The lowest BCUT2D eigenvalue weighted by molar-refractivity contribution is 0.338. The maximum Gasteiger partial charge on any atom is 0.133 e. The average Bonchev–Trinajstić information content (AvgIpc) is 3.24. The summed E-state index contributed by atoms with van der Waals surface area (Å²) in [6, 6.07) is 63.8. The molecule has 7 aromatic carbocycles. The molecule has 7 aromatic rings. The molecule has 4 heteroatoms. The standard InChI is InChI=1S/C50H44N2O2/c1-4-37(3)50(45-28-18-17-27-44(45)36(2)35-53)46-31-29-42(51(38-19-9-5-10-20-38)39-21-11-6-12-22-39)33-48(46)54-49-34-43(30-32-47(49)50)52(40-23-13-7-14-24-40)41-25-15-8-16-26-41/h5-35,37,53H,4H2,1-3H3/b36-35+. The molecule has 1 heterocycles. The van der Waals surface area contributed by atoms with Crippen molar-refractivity contribution in [1.82, 2.24) is 0 Å². The molecule has 4 nitrogen and oxygen atoms in total. The number of nitrogens with zero attached hydrogens (tertiary/aromatic N) is 2. The normalized spacial score (nSPS) is 13.6. The molecule has 0 spiro atoms. The van der Waals surface area contributed by atoms with Crippen molar-refractivity contribution in [2.75, 3.05) is 9.80 Å². The first-order valence-corrected chi connectivity index (χ1v) is 18.7. The molecule has 0 bridgehead atoms. The van der Waals surface area contributed by atoms with Gasteiger partial charge in [0.15, 0.2) is 0 Å². The fourth-order valence-corrected chi connectivity index (χ4v) is 8.22. The summed E-state index contributed by atoms with van der Waals surface area (Å²) in [5, 5.41) is 10.4. The lowest BCUT2D eigenvalue weighted by Gasteiger charge is -2.46. The number of anilines is 6. The van der Waals surface area contributed by atoms with Crippen molar-refractivity contribution in [3.63, 3.8) is 0 Å². The van der Waals surface area contributed by atoms with E-state index in [1.54, 1.807) is 0 Å². The first kappa shape index (κ1) is 34.6. The van der Waals surface area contributed by atoms with Gasteiger partial charge < -0.3 is 19.6 Å². The molecular formula is C50H44N2O2. The molecule has 54 heavy (non-hydrogen) atoms. The van der Waals surface area contributed by atoms with Crippen LogP contribution in [0.3, 0.4) is 0 Å². The predicted molar refractivity (Wildman–Crippen MR) is 224 cm³/mol. The third-order valence-electron chi connectivity index (χ3n) is 10.9. The highest BCUT2D eigenvalue weighted by molar-refractivity contribution is 5.82. The van der Waals surface area contributed by atoms with Gasteiger partial charge in [-0.1, -0.05) is 129 Å². The summed E-state index contributed by atoms with van der Waals surface area (Å²) in [4.78, 5) is 4.55. The molecule has 8 rings (SSSR count). The van der Waals surface area contributed by atoms with E-state index < -0.39 is 5.41 Å². The van der Waals surface area contributed by atoms with Crippen molar-refractivity contribution < 1.29 is 9.84 Å². The summed E-state index contributed by atoms with van der Waals surface area (Å²) in [6.45, 7) is 6.59. The highest BCUT2D eigenvalue weighted by atomic mass is 16.5. The molecule has 0 aromatic heterocycles. The van der Waals surface area contributed by atoms with Gasteiger partial charge in [-0.3, -0.25) is 0 Å². The van der Waals surface area contributed by atoms with Gasteiger partial charge in [0.05, 0.1) is 11.7 Å². The summed E-state index contributed by atoms with van der Waals surface area (Å²) in [5.41, 5.74) is 10.8. The highest BCUT2D eigenvalue weighted by Gasteiger charge is 2.48. The Bertz CT molecular complexity index is 2180. The second kappa shape index (κ2) is 14.8. The maximum atomic E-state index is 10.4. The van der Waals surface area contributed by atoms with Crippen LogP contribution in [-0.4, -0.2) is 5.11 Å². The molecule has 0 aliphatic carbocycles. The number of ether oxygens (including phenoxy) is 1. The summed E-state index contributed by atoms with van der Waals surface area (Å²) >= 11 is 0. The summed E-state index contributed by atoms with van der Waals surface area (Å²) in [6.07, 6.45) is 2.14. The Kier molecular flexibility index (Phi) is 9.50. The third-order valence-corrected chi connectivity index (χ3v) is 10.9. The quantitative estimate of drug-likeness (QED) is 0.144. The van der Waals surface area contributed by atoms with E-state index in [-0.39, 0.29) is 5.92 Å². The number of para-hydroxylation sites is 4. The van der Waals surface area contributed by atoms with Crippen molar-refractivity contribution in [3.8, 4) is 11.5 Å². The topological polar surface area (TPSA) is 35.9 Å². The van der Waals surface area contributed by atoms with E-state index in [9.17, 15) is 5.11 Å². The van der Waals surface area contributed by atoms with Crippen LogP contribution in [0.1, 0.15) is 49.4 Å². The van der Waals surface area contributed by atoms with Crippen LogP contribution in [-0.2, 0) is 5.41 Å². The van der Waals surface area contributed by atoms with E-state index in [0.29, 0.717) is 0 Å². The maximum absolute atomic E-state index is 10.4. The van der Waals surface area contributed by atoms with Crippen molar-refractivity contribution in [2.24, 2.45) is 5.92 Å². The number of hydrogen-bond donors (Lipinski definition) is 1. The van der Waals surface area contributed by atoms with Crippen LogP contribution < -0.4 is 14.5 Å². The number of allylic oxidation sites excluding steroid dienone is 1. The van der Waals surface area contributed by atoms with Crippen molar-refractivity contribution in [1.29, 1.82) is 0 Å². The van der Waals surface area contributed by atoms with Gasteiger partial charge in [0.1, 0.15) is 11.5 Å². The van der Waals surface area contributed by atoms with Gasteiger partial charge in [0, 0.05) is 57.4 Å². The van der Waals surface area contributed by atoms with E-state index in [1.807, 2.05) is 31.2 Å². The molecule has 1 aliphatic heterocycles. The van der Waals surface area contributed by atoms with Gasteiger partial charge in [-0.2, -0.15) is 0 Å². The zero-order chi connectivity index (χ0) is 37.1. The minimum absolute atomic E-state index is 0.155. The van der Waals surface area contributed by atoms with Crippen LogP contribution >= 0.6 is 0 Å². The monoisotopic (exact) mass is 704 g/mol. The zero-order valence-corrected chi connectivity index (χ0v) is 30.9. The van der Waals surface area contributed by atoms with E-state index in [0.717, 1.165) is 79.9 Å². The zero-order valence-electron chi connectivity index (χ0n) is 30.9. The predicted octanol–water partition coefficient (Wildman–Crippen LogP) is 14.0. The smallest absolute Gasteiger partial charge is 0.133 e. The van der Waals surface area contributed by atoms with Crippen LogP contribution in [0.4, 0.5) is 34.1 Å². The van der Waals surface area contributed by atoms with Gasteiger partial charge in [-0.15, -0.1) is 0 Å². The van der Waals surface area contributed by atoms with E-state index in [4.69, 9.17) is 4.74 Å². The van der Waals surface area contributed by atoms with Crippen LogP contribution in [0.25, 0.3) is 5.57 Å². The van der Waals surface area contributed by atoms with Gasteiger partial charge in [0.25, 0.3) is 0 Å². The molecule has 0 radical (unpaired) electrons. The molecule has 0 fully saturated rings. The first-order valence-electron chi connectivity index (χ1n) is 18.7. The molecule has 1 atom stereocenters. The minimum Gasteiger partial charge on any atom is -0.515 e. The number of rotatable bonds is 10. The molecule has 1 aliphatic rings. The largest absolute Gasteiger partial charge is 0.515 e. The lowest BCUT2D eigenvalue weighted by Crippen LogP contribution is -2.40. The highest BCUT2D eigenvalue weighted by Crippen LogP contribution is 2.59. The van der Waals surface area contributed by atoms with Gasteiger partial charge >= 0.3 is 0 Å². The van der Waals surface area contributed by atoms with Crippen LogP contribution in [0.2, 0.25) is 0 Å². The fourth-order valence-electron chi connectivity index (χ4n) is 8.22. The Labute approximate surface area is 318 Å². The van der Waals surface area contributed by atoms with Crippen molar-refractivity contribution in [2.45, 2.75) is 32.6 Å². The van der Waals surface area contributed by atoms with Gasteiger partial charge in [-0.25, -0.2) is 0 Å². The number of fused-ring (bicyclic) bond motifs is 2. The fraction of sp³-hybridized carbons (Fsp3) is 0.120. The second-order valence-electron chi connectivity index (χ2n) is 14.0. The Morgan fingerprint density at radius 3 is 1.31 bits per heavy atom. The average molecular weight is 705 g/mol. The van der Waals surface area contributed by atoms with E-state index >= 15 is 0 Å². The van der Waals surface area contributed by atoms with Crippen LogP contribution in [0, 0.1) is 5.92 Å². The number of aliphatic hydroxyl groups is 1. The first-order chi connectivity index (χ1) is 26.5. The molecule has 1 N–H and O–H groups in total. The van der Waals surface area contributed by atoms with Crippen LogP contribution in [0.5, 0.6) is 11.5 Å².